The number of hydrogen-bond donors (Lipinski definition) is 3. The quantitative estimate of drug-likeness (QED) is 0.445. The van der Waals surface area contributed by atoms with E-state index in [-0.39, 0.29) is 42.7 Å². The number of carbonyl (C=O) groups excluding carboxylic acids is 2. The molecule has 2 aromatic carbocycles. The van der Waals surface area contributed by atoms with E-state index in [0.717, 1.165) is 24.7 Å². The lowest BCUT2D eigenvalue weighted by Gasteiger charge is -2.26. The first-order valence-electron chi connectivity index (χ1n) is 11.9. The van der Waals surface area contributed by atoms with Crippen molar-refractivity contribution in [2.24, 2.45) is 5.92 Å². The topological polar surface area (TPSA) is 114 Å². The summed E-state index contributed by atoms with van der Waals surface area (Å²) in [6.45, 7) is 0.324. The van der Waals surface area contributed by atoms with E-state index in [1.807, 2.05) is 0 Å². The molecule has 2 fully saturated rings. The van der Waals surface area contributed by atoms with Gasteiger partial charge in [0.05, 0.1) is 23.7 Å². The van der Waals surface area contributed by atoms with Crippen molar-refractivity contribution < 1.29 is 33.4 Å². The van der Waals surface area contributed by atoms with Crippen LogP contribution >= 0.6 is 0 Å². The minimum absolute atomic E-state index is 0.121. The van der Waals surface area contributed by atoms with Crippen LogP contribution in [0.1, 0.15) is 59.2 Å². The van der Waals surface area contributed by atoms with Crippen molar-refractivity contribution in [3.63, 3.8) is 0 Å². The largest absolute Gasteiger partial charge is 0.490 e. The molecule has 2 aliphatic rings. The third kappa shape index (κ3) is 6.94. The molecule has 2 aromatic rings. The highest BCUT2D eigenvalue weighted by Crippen LogP contribution is 2.29. The van der Waals surface area contributed by atoms with Gasteiger partial charge < -0.3 is 25.2 Å². The predicted molar refractivity (Wildman–Crippen MR) is 125 cm³/mol. The Kier molecular flexibility index (Phi) is 7.84. The second kappa shape index (κ2) is 11.2. The first-order chi connectivity index (χ1) is 16.9. The number of hydrogen-bond acceptors (Lipinski definition) is 5. The highest BCUT2D eigenvalue weighted by Gasteiger charge is 2.27. The SMILES string of the molecule is O=C(NCCNC(=O)c1ccc(O[C@H]2CC[C@@H](C(=O)O)CC2)cc1F)c1ccc(OC2CC2)cc1. The molecule has 2 aliphatic carbocycles. The van der Waals surface area contributed by atoms with Crippen LogP contribution in [-0.4, -0.2) is 48.2 Å². The standard InChI is InChI=1S/C26H29FN2O6/c27-23-15-21(35-19-7-3-17(4-8-19)26(32)33)11-12-22(23)25(31)29-14-13-28-24(30)16-1-5-18(6-2-16)34-20-9-10-20/h1-2,5-6,11-12,15,17,19-20H,3-4,7-10,13-14H2,(H,28,30)(H,29,31)(H,32,33)/t17-,19+. The monoisotopic (exact) mass is 484 g/mol. The number of ether oxygens (including phenoxy) is 2. The highest BCUT2D eigenvalue weighted by molar-refractivity contribution is 5.95. The third-order valence-corrected chi connectivity index (χ3v) is 6.15. The number of rotatable bonds is 10. The van der Waals surface area contributed by atoms with Gasteiger partial charge in [-0.25, -0.2) is 4.39 Å². The lowest BCUT2D eigenvalue weighted by atomic mass is 9.87. The van der Waals surface area contributed by atoms with E-state index in [9.17, 15) is 18.8 Å². The fourth-order valence-corrected chi connectivity index (χ4v) is 3.99. The summed E-state index contributed by atoms with van der Waals surface area (Å²) in [6, 6.07) is 10.9. The van der Waals surface area contributed by atoms with Gasteiger partial charge in [0.15, 0.2) is 0 Å². The molecule has 35 heavy (non-hydrogen) atoms. The summed E-state index contributed by atoms with van der Waals surface area (Å²) in [7, 11) is 0. The second-order valence-corrected chi connectivity index (χ2v) is 8.92. The zero-order chi connectivity index (χ0) is 24.8. The molecule has 0 aliphatic heterocycles. The summed E-state index contributed by atoms with van der Waals surface area (Å²) in [5.74, 6) is -1.68. The molecular formula is C26H29FN2O6. The van der Waals surface area contributed by atoms with E-state index in [2.05, 4.69) is 10.6 Å². The van der Waals surface area contributed by atoms with Crippen LogP contribution in [-0.2, 0) is 4.79 Å². The first kappa shape index (κ1) is 24.5. The summed E-state index contributed by atoms with van der Waals surface area (Å²) < 4.78 is 25.9. The molecular weight excluding hydrogens is 455 g/mol. The third-order valence-electron chi connectivity index (χ3n) is 6.15. The van der Waals surface area contributed by atoms with Crippen molar-refractivity contribution in [3.05, 3.63) is 59.4 Å². The Bertz CT molecular complexity index is 1060. The number of amides is 2. The normalized spacial score (nSPS) is 19.5. The Morgan fingerprint density at radius 3 is 1.91 bits per heavy atom. The van der Waals surface area contributed by atoms with Gasteiger partial charge in [-0.1, -0.05) is 0 Å². The smallest absolute Gasteiger partial charge is 0.306 e. The predicted octanol–water partition coefficient (Wildman–Crippen LogP) is 3.55. The van der Waals surface area contributed by atoms with Crippen molar-refractivity contribution in [1.82, 2.24) is 10.6 Å². The second-order valence-electron chi connectivity index (χ2n) is 8.92. The van der Waals surface area contributed by atoms with Crippen LogP contribution in [0.5, 0.6) is 11.5 Å². The van der Waals surface area contributed by atoms with Crippen LogP contribution in [0.25, 0.3) is 0 Å². The van der Waals surface area contributed by atoms with Gasteiger partial charge in [-0.05, 0) is 74.9 Å². The van der Waals surface area contributed by atoms with Gasteiger partial charge in [-0.15, -0.1) is 0 Å². The van der Waals surface area contributed by atoms with Gasteiger partial charge in [0.25, 0.3) is 11.8 Å². The number of carboxylic acid groups (broad SMARTS) is 1. The van der Waals surface area contributed by atoms with E-state index in [1.54, 1.807) is 24.3 Å². The Morgan fingerprint density at radius 1 is 0.800 bits per heavy atom. The Balaban J connectivity index is 1.19. The lowest BCUT2D eigenvalue weighted by molar-refractivity contribution is -0.143. The van der Waals surface area contributed by atoms with Crippen molar-refractivity contribution in [2.75, 3.05) is 13.1 Å². The minimum Gasteiger partial charge on any atom is -0.490 e. The molecule has 8 nitrogen and oxygen atoms in total. The Labute approximate surface area is 202 Å². The van der Waals surface area contributed by atoms with Crippen molar-refractivity contribution in [1.29, 1.82) is 0 Å². The number of halogens is 1. The molecule has 0 unspecified atom stereocenters. The average Bonchev–Trinajstić information content (AvgIpc) is 3.66. The summed E-state index contributed by atoms with van der Waals surface area (Å²) in [4.78, 5) is 35.6. The Morgan fingerprint density at radius 2 is 1.34 bits per heavy atom. The van der Waals surface area contributed by atoms with Gasteiger partial charge in [0, 0.05) is 24.7 Å². The summed E-state index contributed by atoms with van der Waals surface area (Å²) >= 11 is 0. The number of carbonyl (C=O) groups is 3. The molecule has 0 aromatic heterocycles. The van der Waals surface area contributed by atoms with Crippen LogP contribution in [0.15, 0.2) is 42.5 Å². The molecule has 0 atom stereocenters. The number of carboxylic acids is 1. The van der Waals surface area contributed by atoms with E-state index >= 15 is 0 Å². The van der Waals surface area contributed by atoms with Gasteiger partial charge in [-0.2, -0.15) is 0 Å². The van der Waals surface area contributed by atoms with Gasteiger partial charge >= 0.3 is 5.97 Å². The Hall–Kier alpha value is -3.62. The zero-order valence-electron chi connectivity index (χ0n) is 19.3. The molecule has 0 bridgehead atoms. The van der Waals surface area contributed by atoms with Crippen molar-refractivity contribution >= 4 is 17.8 Å². The van der Waals surface area contributed by atoms with Crippen molar-refractivity contribution in [3.8, 4) is 11.5 Å². The molecule has 3 N–H and O–H groups in total. The van der Waals surface area contributed by atoms with Crippen molar-refractivity contribution in [2.45, 2.75) is 50.7 Å². The van der Waals surface area contributed by atoms with Gasteiger partial charge in [0.1, 0.15) is 17.3 Å². The average molecular weight is 485 g/mol. The molecule has 0 spiro atoms. The molecule has 9 heteroatoms. The minimum atomic E-state index is -0.794. The molecule has 2 saturated carbocycles. The van der Waals surface area contributed by atoms with Gasteiger partial charge in [-0.3, -0.25) is 14.4 Å². The lowest BCUT2D eigenvalue weighted by Crippen LogP contribution is -2.35. The van der Waals surface area contributed by atoms with Gasteiger partial charge in [0.2, 0.25) is 0 Å². The maximum Gasteiger partial charge on any atom is 0.306 e. The van der Waals surface area contributed by atoms with Crippen LogP contribution in [0, 0.1) is 11.7 Å². The molecule has 0 radical (unpaired) electrons. The van der Waals surface area contributed by atoms with Crippen LogP contribution < -0.4 is 20.1 Å². The van der Waals surface area contributed by atoms with E-state index in [4.69, 9.17) is 14.6 Å². The molecule has 0 heterocycles. The number of benzene rings is 2. The van der Waals surface area contributed by atoms with Crippen LogP contribution in [0.4, 0.5) is 4.39 Å². The zero-order valence-corrected chi connectivity index (χ0v) is 19.3. The molecule has 186 valence electrons. The van der Waals surface area contributed by atoms with E-state index < -0.39 is 17.7 Å². The van der Waals surface area contributed by atoms with E-state index in [0.29, 0.717) is 37.0 Å². The first-order valence-corrected chi connectivity index (χ1v) is 11.9. The summed E-state index contributed by atoms with van der Waals surface area (Å²) in [5, 5.41) is 14.4. The summed E-state index contributed by atoms with van der Waals surface area (Å²) in [6.07, 6.45) is 4.47. The number of aliphatic carboxylic acids is 1. The summed E-state index contributed by atoms with van der Waals surface area (Å²) in [5.41, 5.74) is 0.363. The van der Waals surface area contributed by atoms with E-state index in [1.165, 1.54) is 12.1 Å². The fourth-order valence-electron chi connectivity index (χ4n) is 3.99. The molecule has 0 saturated heterocycles. The highest BCUT2D eigenvalue weighted by atomic mass is 19.1. The fraction of sp³-hybridized carbons (Fsp3) is 0.423. The molecule has 2 amide bonds. The number of nitrogens with one attached hydrogen (secondary N) is 2. The maximum absolute atomic E-state index is 14.5. The maximum atomic E-state index is 14.5. The van der Waals surface area contributed by atoms with Crippen LogP contribution in [0.2, 0.25) is 0 Å². The van der Waals surface area contributed by atoms with Crippen LogP contribution in [0.3, 0.4) is 0 Å². The molecule has 4 rings (SSSR count).